The zero-order valence-corrected chi connectivity index (χ0v) is 15.5. The SMILES string of the molecule is CCCCCCCNC(=S)NC(=O)c1ccc(OC)c(Br)c1. The van der Waals surface area contributed by atoms with Crippen LogP contribution < -0.4 is 15.4 Å². The van der Waals surface area contributed by atoms with Crippen LogP contribution in [-0.4, -0.2) is 24.7 Å². The van der Waals surface area contributed by atoms with Gasteiger partial charge in [-0.3, -0.25) is 10.1 Å². The van der Waals surface area contributed by atoms with Crippen LogP contribution in [0.15, 0.2) is 22.7 Å². The molecule has 1 aromatic carbocycles. The number of carbonyl (C=O) groups excluding carboxylic acids is 1. The number of rotatable bonds is 8. The highest BCUT2D eigenvalue weighted by molar-refractivity contribution is 9.10. The highest BCUT2D eigenvalue weighted by Crippen LogP contribution is 2.25. The fourth-order valence-corrected chi connectivity index (χ4v) is 2.69. The maximum Gasteiger partial charge on any atom is 0.257 e. The van der Waals surface area contributed by atoms with E-state index in [0.717, 1.165) is 17.4 Å². The van der Waals surface area contributed by atoms with E-state index < -0.39 is 0 Å². The predicted molar refractivity (Wildman–Crippen MR) is 97.5 cm³/mol. The Bertz CT molecular complexity index is 509. The van der Waals surface area contributed by atoms with E-state index in [9.17, 15) is 4.79 Å². The quantitative estimate of drug-likeness (QED) is 0.522. The van der Waals surface area contributed by atoms with Crippen molar-refractivity contribution in [3.05, 3.63) is 28.2 Å². The predicted octanol–water partition coefficient (Wildman–Crippen LogP) is 4.03. The van der Waals surface area contributed by atoms with Gasteiger partial charge < -0.3 is 10.1 Å². The van der Waals surface area contributed by atoms with Crippen LogP contribution in [0.3, 0.4) is 0 Å². The van der Waals surface area contributed by atoms with Crippen LogP contribution in [0.4, 0.5) is 0 Å². The van der Waals surface area contributed by atoms with Crippen LogP contribution in [0.25, 0.3) is 0 Å². The lowest BCUT2D eigenvalue weighted by Crippen LogP contribution is -2.39. The molecule has 0 spiro atoms. The van der Waals surface area contributed by atoms with Gasteiger partial charge in [-0.1, -0.05) is 32.6 Å². The van der Waals surface area contributed by atoms with Gasteiger partial charge in [-0.05, 0) is 52.8 Å². The van der Waals surface area contributed by atoms with E-state index in [1.54, 1.807) is 25.3 Å². The minimum absolute atomic E-state index is 0.230. The molecule has 0 aliphatic rings. The number of hydrogen-bond acceptors (Lipinski definition) is 3. The number of amides is 1. The van der Waals surface area contributed by atoms with Gasteiger partial charge in [-0.25, -0.2) is 0 Å². The Balaban J connectivity index is 2.35. The summed E-state index contributed by atoms with van der Waals surface area (Å²) in [6, 6.07) is 5.15. The first kappa shape index (κ1) is 18.9. The molecule has 0 unspecified atom stereocenters. The summed E-state index contributed by atoms with van der Waals surface area (Å²) in [5, 5.41) is 6.11. The summed E-state index contributed by atoms with van der Waals surface area (Å²) in [4.78, 5) is 12.1. The average Bonchev–Trinajstić information content (AvgIpc) is 2.50. The Kier molecular flexibility index (Phi) is 9.08. The summed E-state index contributed by atoms with van der Waals surface area (Å²) in [5.74, 6) is 0.455. The van der Waals surface area contributed by atoms with Crippen molar-refractivity contribution in [2.45, 2.75) is 39.0 Å². The van der Waals surface area contributed by atoms with Crippen molar-refractivity contribution >= 4 is 39.2 Å². The summed E-state index contributed by atoms with van der Waals surface area (Å²) in [6.07, 6.45) is 6.00. The third-order valence-corrected chi connectivity index (χ3v) is 4.07. The molecule has 0 saturated carbocycles. The van der Waals surface area contributed by atoms with E-state index in [2.05, 4.69) is 33.5 Å². The molecule has 0 bridgehead atoms. The standard InChI is InChI=1S/C16H23BrN2O2S/c1-3-4-5-6-7-10-18-16(22)19-15(20)12-8-9-14(21-2)13(17)11-12/h8-9,11H,3-7,10H2,1-2H3,(H2,18,19,20,22). The van der Waals surface area contributed by atoms with Crippen molar-refractivity contribution in [1.82, 2.24) is 10.6 Å². The molecule has 6 heteroatoms. The molecule has 0 fully saturated rings. The van der Waals surface area contributed by atoms with E-state index in [-0.39, 0.29) is 5.91 Å². The molecule has 4 nitrogen and oxygen atoms in total. The average molecular weight is 387 g/mol. The first-order valence-corrected chi connectivity index (χ1v) is 8.71. The second kappa shape index (κ2) is 10.6. The summed E-state index contributed by atoms with van der Waals surface area (Å²) in [7, 11) is 1.58. The number of carbonyl (C=O) groups is 1. The normalized spacial score (nSPS) is 10.1. The van der Waals surface area contributed by atoms with Crippen molar-refractivity contribution in [2.24, 2.45) is 0 Å². The lowest BCUT2D eigenvalue weighted by atomic mass is 10.1. The molecular formula is C16H23BrN2O2S. The van der Waals surface area contributed by atoms with Gasteiger partial charge in [-0.15, -0.1) is 0 Å². The van der Waals surface area contributed by atoms with Crippen LogP contribution in [0.5, 0.6) is 5.75 Å². The second-order valence-electron chi connectivity index (χ2n) is 4.97. The summed E-state index contributed by atoms with van der Waals surface area (Å²) in [5.41, 5.74) is 0.528. The molecule has 0 radical (unpaired) electrons. The number of ether oxygens (including phenoxy) is 1. The third kappa shape index (κ3) is 6.75. The van der Waals surface area contributed by atoms with E-state index in [1.807, 2.05) is 0 Å². The number of halogens is 1. The van der Waals surface area contributed by atoms with Crippen molar-refractivity contribution in [2.75, 3.05) is 13.7 Å². The Labute approximate surface area is 146 Å². The van der Waals surface area contributed by atoms with Gasteiger partial charge in [0.1, 0.15) is 5.75 Å². The van der Waals surface area contributed by atoms with E-state index in [0.29, 0.717) is 16.4 Å². The lowest BCUT2D eigenvalue weighted by molar-refractivity contribution is 0.0976. The highest BCUT2D eigenvalue weighted by atomic mass is 79.9. The van der Waals surface area contributed by atoms with Gasteiger partial charge in [0.05, 0.1) is 11.6 Å². The summed E-state index contributed by atoms with van der Waals surface area (Å²) >= 11 is 8.49. The number of hydrogen-bond donors (Lipinski definition) is 2. The summed E-state index contributed by atoms with van der Waals surface area (Å²) in [6.45, 7) is 2.98. The molecule has 122 valence electrons. The Morgan fingerprint density at radius 1 is 1.27 bits per heavy atom. The van der Waals surface area contributed by atoms with Crippen molar-refractivity contribution < 1.29 is 9.53 Å². The fourth-order valence-electron chi connectivity index (χ4n) is 1.96. The van der Waals surface area contributed by atoms with Crippen LogP contribution >= 0.6 is 28.1 Å². The van der Waals surface area contributed by atoms with E-state index >= 15 is 0 Å². The molecular weight excluding hydrogens is 364 g/mol. The van der Waals surface area contributed by atoms with Crippen LogP contribution in [0.1, 0.15) is 49.4 Å². The van der Waals surface area contributed by atoms with Gasteiger partial charge >= 0.3 is 0 Å². The second-order valence-corrected chi connectivity index (χ2v) is 6.24. The van der Waals surface area contributed by atoms with Gasteiger partial charge in [0.15, 0.2) is 5.11 Å². The Morgan fingerprint density at radius 2 is 2.00 bits per heavy atom. The first-order chi connectivity index (χ1) is 10.6. The molecule has 1 rings (SSSR count). The largest absolute Gasteiger partial charge is 0.496 e. The molecule has 0 saturated heterocycles. The molecule has 0 aliphatic heterocycles. The smallest absolute Gasteiger partial charge is 0.257 e. The number of methoxy groups -OCH3 is 1. The van der Waals surface area contributed by atoms with E-state index in [1.165, 1.54) is 25.7 Å². The molecule has 22 heavy (non-hydrogen) atoms. The highest BCUT2D eigenvalue weighted by Gasteiger charge is 2.10. The number of unbranched alkanes of at least 4 members (excludes halogenated alkanes) is 4. The van der Waals surface area contributed by atoms with Crippen LogP contribution in [0.2, 0.25) is 0 Å². The van der Waals surface area contributed by atoms with Gasteiger partial charge in [0.2, 0.25) is 0 Å². The van der Waals surface area contributed by atoms with Crippen molar-refractivity contribution in [3.63, 3.8) is 0 Å². The number of benzene rings is 1. The first-order valence-electron chi connectivity index (χ1n) is 7.51. The molecule has 0 atom stereocenters. The monoisotopic (exact) mass is 386 g/mol. The maximum absolute atomic E-state index is 12.1. The van der Waals surface area contributed by atoms with Crippen molar-refractivity contribution in [3.8, 4) is 5.75 Å². The van der Waals surface area contributed by atoms with Gasteiger partial charge in [-0.2, -0.15) is 0 Å². The topological polar surface area (TPSA) is 50.4 Å². The molecule has 1 aromatic rings. The minimum Gasteiger partial charge on any atom is -0.496 e. The molecule has 1 amide bonds. The fraction of sp³-hybridized carbons (Fsp3) is 0.500. The zero-order chi connectivity index (χ0) is 16.4. The molecule has 0 aliphatic carbocycles. The Hall–Kier alpha value is -1.14. The number of thiocarbonyl (C=S) groups is 1. The third-order valence-electron chi connectivity index (χ3n) is 3.21. The van der Waals surface area contributed by atoms with E-state index in [4.69, 9.17) is 17.0 Å². The molecule has 0 aromatic heterocycles. The minimum atomic E-state index is -0.230. The summed E-state index contributed by atoms with van der Waals surface area (Å²) < 4.78 is 5.87. The maximum atomic E-state index is 12.1. The molecule has 0 heterocycles. The zero-order valence-electron chi connectivity index (χ0n) is 13.1. The molecule has 2 N–H and O–H groups in total. The van der Waals surface area contributed by atoms with Gasteiger partial charge in [0, 0.05) is 12.1 Å². The Morgan fingerprint density at radius 3 is 2.64 bits per heavy atom. The lowest BCUT2D eigenvalue weighted by Gasteiger charge is -2.10. The van der Waals surface area contributed by atoms with Gasteiger partial charge in [0.25, 0.3) is 5.91 Å². The van der Waals surface area contributed by atoms with Crippen molar-refractivity contribution in [1.29, 1.82) is 0 Å². The van der Waals surface area contributed by atoms with Crippen LogP contribution in [0, 0.1) is 0 Å². The number of nitrogens with one attached hydrogen (secondary N) is 2. The van der Waals surface area contributed by atoms with Crippen LogP contribution in [-0.2, 0) is 0 Å².